The fourth-order valence-electron chi connectivity index (χ4n) is 1.65. The molecule has 0 unspecified atom stereocenters. The van der Waals surface area contributed by atoms with Crippen LogP contribution in [0.25, 0.3) is 0 Å². The van der Waals surface area contributed by atoms with Crippen LogP contribution in [0.4, 0.5) is 5.82 Å². The summed E-state index contributed by atoms with van der Waals surface area (Å²) in [6, 6.07) is 0. The van der Waals surface area contributed by atoms with Gasteiger partial charge in [0.25, 0.3) is 5.91 Å². The molecular weight excluding hydrogens is 258 g/mol. The smallest absolute Gasteiger partial charge is 0.271 e. The Morgan fingerprint density at radius 1 is 1.40 bits per heavy atom. The van der Waals surface area contributed by atoms with Gasteiger partial charge in [0.15, 0.2) is 0 Å². The predicted molar refractivity (Wildman–Crippen MR) is 73.2 cm³/mol. The number of carbonyl (C=O) groups is 1. The monoisotopic (exact) mass is 275 g/mol. The Labute approximate surface area is 116 Å². The molecule has 0 saturated heterocycles. The summed E-state index contributed by atoms with van der Waals surface area (Å²) in [7, 11) is 1.86. The molecule has 106 valence electrons. The molecule has 8 nitrogen and oxygen atoms in total. The number of carbonyl (C=O) groups excluding carboxylic acids is 1. The highest BCUT2D eigenvalue weighted by molar-refractivity contribution is 5.92. The van der Waals surface area contributed by atoms with Crippen molar-refractivity contribution >= 4 is 11.7 Å². The average Bonchev–Trinajstić information content (AvgIpc) is 2.85. The zero-order chi connectivity index (χ0) is 14.4. The Hall–Kier alpha value is -2.51. The molecule has 2 N–H and O–H groups in total. The normalized spacial score (nSPS) is 10.3. The van der Waals surface area contributed by atoms with Crippen LogP contribution in [0.1, 0.15) is 23.2 Å². The van der Waals surface area contributed by atoms with Crippen LogP contribution in [0, 0.1) is 0 Å². The number of hydrogen-bond acceptors (Lipinski definition) is 6. The number of amides is 1. The van der Waals surface area contributed by atoms with Gasteiger partial charge in [0.2, 0.25) is 0 Å². The number of anilines is 1. The van der Waals surface area contributed by atoms with Crippen molar-refractivity contribution in [2.75, 3.05) is 18.4 Å². The summed E-state index contributed by atoms with van der Waals surface area (Å²) in [4.78, 5) is 20.1. The van der Waals surface area contributed by atoms with E-state index in [2.05, 4.69) is 30.8 Å². The Balaban J connectivity index is 1.88. The molecule has 0 saturated carbocycles. The maximum atomic E-state index is 11.9. The molecule has 8 heteroatoms. The molecule has 0 radical (unpaired) electrons. The minimum atomic E-state index is -0.251. The van der Waals surface area contributed by atoms with E-state index in [1.54, 1.807) is 12.5 Å². The molecule has 20 heavy (non-hydrogen) atoms. The molecule has 0 fully saturated rings. The molecule has 0 spiro atoms. The Bertz CT molecular complexity index is 581. The van der Waals surface area contributed by atoms with Crippen molar-refractivity contribution in [1.82, 2.24) is 30.0 Å². The van der Waals surface area contributed by atoms with Crippen molar-refractivity contribution in [2.45, 2.75) is 13.3 Å². The lowest BCUT2D eigenvalue weighted by Crippen LogP contribution is -2.27. The SMILES string of the molecule is CCNc1cncc(C(=O)NCCc2nncn2C)n1. The minimum absolute atomic E-state index is 0.251. The first-order valence-corrected chi connectivity index (χ1v) is 6.37. The molecule has 0 aliphatic rings. The van der Waals surface area contributed by atoms with E-state index in [4.69, 9.17) is 0 Å². The van der Waals surface area contributed by atoms with E-state index in [1.165, 1.54) is 6.20 Å². The molecule has 2 aromatic heterocycles. The first-order valence-electron chi connectivity index (χ1n) is 6.37. The van der Waals surface area contributed by atoms with Gasteiger partial charge in [-0.2, -0.15) is 0 Å². The molecule has 2 rings (SSSR count). The van der Waals surface area contributed by atoms with Crippen LogP contribution < -0.4 is 10.6 Å². The summed E-state index contributed by atoms with van der Waals surface area (Å²) in [5.41, 5.74) is 0.293. The topological polar surface area (TPSA) is 97.6 Å². The summed E-state index contributed by atoms with van der Waals surface area (Å²) >= 11 is 0. The van der Waals surface area contributed by atoms with E-state index >= 15 is 0 Å². The molecule has 0 aliphatic carbocycles. The highest BCUT2D eigenvalue weighted by Gasteiger charge is 2.09. The van der Waals surface area contributed by atoms with Crippen LogP contribution >= 0.6 is 0 Å². The van der Waals surface area contributed by atoms with Gasteiger partial charge in [-0.25, -0.2) is 4.98 Å². The predicted octanol–water partition coefficient (Wildman–Crippen LogP) is 0.00940. The number of nitrogens with zero attached hydrogens (tertiary/aromatic N) is 5. The van der Waals surface area contributed by atoms with Gasteiger partial charge < -0.3 is 15.2 Å². The average molecular weight is 275 g/mol. The maximum Gasteiger partial charge on any atom is 0.271 e. The van der Waals surface area contributed by atoms with E-state index in [0.29, 0.717) is 24.5 Å². The number of nitrogens with one attached hydrogen (secondary N) is 2. The van der Waals surface area contributed by atoms with Crippen molar-refractivity contribution in [1.29, 1.82) is 0 Å². The lowest BCUT2D eigenvalue weighted by Gasteiger charge is -2.06. The van der Waals surface area contributed by atoms with Crippen LogP contribution in [-0.4, -0.2) is 43.7 Å². The molecular formula is C12H17N7O. The third-order valence-corrected chi connectivity index (χ3v) is 2.66. The largest absolute Gasteiger partial charge is 0.369 e. The van der Waals surface area contributed by atoms with E-state index in [1.807, 2.05) is 18.5 Å². The quantitative estimate of drug-likeness (QED) is 0.770. The third-order valence-electron chi connectivity index (χ3n) is 2.66. The summed E-state index contributed by atoms with van der Waals surface area (Å²) in [5, 5.41) is 13.5. The summed E-state index contributed by atoms with van der Waals surface area (Å²) in [6.07, 6.45) is 5.27. The van der Waals surface area contributed by atoms with Gasteiger partial charge in [-0.1, -0.05) is 0 Å². The zero-order valence-electron chi connectivity index (χ0n) is 11.5. The molecule has 0 aromatic carbocycles. The van der Waals surface area contributed by atoms with E-state index in [9.17, 15) is 4.79 Å². The molecule has 2 heterocycles. The van der Waals surface area contributed by atoms with E-state index in [0.717, 1.165) is 12.4 Å². The fourth-order valence-corrected chi connectivity index (χ4v) is 1.65. The maximum absolute atomic E-state index is 11.9. The van der Waals surface area contributed by atoms with Crippen molar-refractivity contribution in [2.24, 2.45) is 7.05 Å². The Kier molecular flexibility index (Phi) is 4.59. The summed E-state index contributed by atoms with van der Waals surface area (Å²) < 4.78 is 1.82. The molecule has 1 amide bonds. The van der Waals surface area contributed by atoms with Crippen LogP contribution in [0.3, 0.4) is 0 Å². The summed E-state index contributed by atoms with van der Waals surface area (Å²) in [6.45, 7) is 3.15. The summed E-state index contributed by atoms with van der Waals surface area (Å²) in [5.74, 6) is 1.16. The second-order valence-corrected chi connectivity index (χ2v) is 4.18. The van der Waals surface area contributed by atoms with Crippen molar-refractivity contribution in [3.05, 3.63) is 30.2 Å². The molecule has 0 bridgehead atoms. The zero-order valence-corrected chi connectivity index (χ0v) is 11.5. The van der Waals surface area contributed by atoms with Gasteiger partial charge in [0.05, 0.1) is 12.4 Å². The molecule has 0 atom stereocenters. The number of aromatic nitrogens is 5. The highest BCUT2D eigenvalue weighted by Crippen LogP contribution is 2.01. The minimum Gasteiger partial charge on any atom is -0.369 e. The van der Waals surface area contributed by atoms with Gasteiger partial charge in [0, 0.05) is 26.6 Å². The van der Waals surface area contributed by atoms with Gasteiger partial charge in [-0.3, -0.25) is 9.78 Å². The molecule has 2 aromatic rings. The van der Waals surface area contributed by atoms with Crippen molar-refractivity contribution < 1.29 is 4.79 Å². The standard InChI is InChI=1S/C12H17N7O/c1-3-14-10-7-13-6-9(17-10)12(20)15-5-4-11-18-16-8-19(11)2/h6-8H,3-5H2,1-2H3,(H,14,17)(H,15,20). The number of aryl methyl sites for hydroxylation is 1. The van der Waals surface area contributed by atoms with Gasteiger partial charge in [0.1, 0.15) is 23.7 Å². The van der Waals surface area contributed by atoms with Crippen molar-refractivity contribution in [3.63, 3.8) is 0 Å². The second-order valence-electron chi connectivity index (χ2n) is 4.18. The van der Waals surface area contributed by atoms with Crippen LogP contribution in [0.15, 0.2) is 18.7 Å². The lowest BCUT2D eigenvalue weighted by molar-refractivity contribution is 0.0948. The Morgan fingerprint density at radius 3 is 2.95 bits per heavy atom. The first-order chi connectivity index (χ1) is 9.70. The Morgan fingerprint density at radius 2 is 2.25 bits per heavy atom. The lowest BCUT2D eigenvalue weighted by atomic mass is 10.3. The number of hydrogen-bond donors (Lipinski definition) is 2. The fraction of sp³-hybridized carbons (Fsp3) is 0.417. The van der Waals surface area contributed by atoms with Crippen LogP contribution in [0.2, 0.25) is 0 Å². The van der Waals surface area contributed by atoms with Crippen molar-refractivity contribution in [3.8, 4) is 0 Å². The highest BCUT2D eigenvalue weighted by atomic mass is 16.1. The first kappa shape index (κ1) is 13.9. The van der Waals surface area contributed by atoms with Crippen LogP contribution in [-0.2, 0) is 13.5 Å². The van der Waals surface area contributed by atoms with Crippen LogP contribution in [0.5, 0.6) is 0 Å². The third kappa shape index (κ3) is 3.50. The van der Waals surface area contributed by atoms with Gasteiger partial charge in [-0.05, 0) is 6.92 Å². The van der Waals surface area contributed by atoms with E-state index in [-0.39, 0.29) is 5.91 Å². The molecule has 0 aliphatic heterocycles. The number of rotatable bonds is 6. The van der Waals surface area contributed by atoms with Gasteiger partial charge in [-0.15, -0.1) is 10.2 Å². The van der Waals surface area contributed by atoms with E-state index < -0.39 is 0 Å². The second kappa shape index (κ2) is 6.60. The van der Waals surface area contributed by atoms with Gasteiger partial charge >= 0.3 is 0 Å².